The minimum atomic E-state index is -0.858. The minimum absolute atomic E-state index is 0.542. The number of hydrogen-bond acceptors (Lipinski definition) is 2. The monoisotopic (exact) mass is 1380 g/mol. The van der Waals surface area contributed by atoms with Crippen molar-refractivity contribution in [2.75, 3.05) is 9.80 Å². The predicted octanol–water partition coefficient (Wildman–Crippen LogP) is 29.8. The molecule has 0 heterocycles. The summed E-state index contributed by atoms with van der Waals surface area (Å²) in [6.07, 6.45) is 0. The zero-order valence-corrected chi connectivity index (χ0v) is 61.4. The van der Waals surface area contributed by atoms with Gasteiger partial charge in [-0.05, 0) is 234 Å². The van der Waals surface area contributed by atoms with E-state index in [2.05, 4.69) is 403 Å². The summed E-state index contributed by atoms with van der Waals surface area (Å²) in [5.41, 5.74) is 14.5. The number of nitrogens with zero attached hydrogens (tertiary/aromatic N) is 2. The Labute approximate surface area is 628 Å². The first kappa shape index (κ1) is 62.5. The van der Waals surface area contributed by atoms with Gasteiger partial charge in [-0.25, -0.2) is 0 Å². The largest absolute Gasteiger partial charge is 0.310 e. The Morgan fingerprint density at radius 3 is 0.676 bits per heavy atom. The molecule has 0 fully saturated rings. The van der Waals surface area contributed by atoms with Gasteiger partial charge >= 0.3 is 0 Å². The van der Waals surface area contributed by atoms with Crippen LogP contribution in [0.25, 0.3) is 152 Å². The van der Waals surface area contributed by atoms with Crippen molar-refractivity contribution in [1.29, 1.82) is 0 Å². The van der Waals surface area contributed by atoms with Crippen LogP contribution in [0.3, 0.4) is 0 Å². The van der Waals surface area contributed by atoms with Crippen LogP contribution in [0.15, 0.2) is 352 Å². The lowest BCUT2D eigenvalue weighted by molar-refractivity contribution is 0.0596. The molecule has 0 amide bonds. The van der Waals surface area contributed by atoms with E-state index in [0.717, 1.165) is 34.1 Å². The second-order valence-corrected chi connectivity index (χ2v) is 32.6. The van der Waals surface area contributed by atoms with Gasteiger partial charge in [-0.15, -0.1) is 0 Å². The second kappa shape index (κ2) is 22.8. The quantitative estimate of drug-likeness (QED) is 0.147. The molecule has 0 bridgehead atoms. The van der Waals surface area contributed by atoms with Gasteiger partial charge in [0, 0.05) is 44.4 Å². The molecule has 22 rings (SSSR count). The topological polar surface area (TPSA) is 6.48 Å². The Bertz CT molecular complexity index is 6630. The fourth-order valence-electron chi connectivity index (χ4n) is 21.2. The van der Waals surface area contributed by atoms with Gasteiger partial charge < -0.3 is 9.80 Å². The minimum Gasteiger partial charge on any atom is -0.310 e. The van der Waals surface area contributed by atoms with Crippen molar-refractivity contribution in [3.63, 3.8) is 0 Å². The molecule has 2 heteroatoms. The fourth-order valence-corrected chi connectivity index (χ4v) is 21.2. The number of fused-ring (bicyclic) bond motifs is 26. The van der Waals surface area contributed by atoms with Crippen LogP contribution in [0.4, 0.5) is 34.1 Å². The SMILES string of the molecule is CC(C)(C)C1(C2(C(C)(C)C)c3ccc4ccccc4c3-c3c2cc(N(c2ccc4c(ccc5ccccc54)c2)c2ccc4c(ccc5ccccc54)c2)c2ccccc32)c2ccc3ccccc3c2-c2c1cc(N(c1ccc3c(ccc4ccccc43)c1)c1ccc3c(ccc4ccccc43)c1)c1ccccc21. The van der Waals surface area contributed by atoms with E-state index in [9.17, 15) is 0 Å². The zero-order chi connectivity index (χ0) is 72.1. The van der Waals surface area contributed by atoms with E-state index in [1.54, 1.807) is 0 Å². The van der Waals surface area contributed by atoms with Crippen LogP contribution in [-0.2, 0) is 10.8 Å². The highest BCUT2D eigenvalue weighted by molar-refractivity contribution is 6.21. The average molecular weight is 1380 g/mol. The number of anilines is 6. The molecule has 108 heavy (non-hydrogen) atoms. The summed E-state index contributed by atoms with van der Waals surface area (Å²) in [6.45, 7) is 15.5. The Morgan fingerprint density at radius 2 is 0.389 bits per heavy atom. The highest BCUT2D eigenvalue weighted by atomic mass is 15.2. The second-order valence-electron chi connectivity index (χ2n) is 32.6. The lowest BCUT2D eigenvalue weighted by Crippen LogP contribution is -2.62. The van der Waals surface area contributed by atoms with Gasteiger partial charge in [0.05, 0.1) is 11.4 Å². The molecule has 2 atom stereocenters. The van der Waals surface area contributed by atoms with Crippen LogP contribution in [0.1, 0.15) is 63.8 Å². The van der Waals surface area contributed by atoms with E-state index in [4.69, 9.17) is 0 Å². The van der Waals surface area contributed by atoms with Gasteiger partial charge in [0.2, 0.25) is 0 Å². The van der Waals surface area contributed by atoms with E-state index < -0.39 is 21.7 Å². The summed E-state index contributed by atoms with van der Waals surface area (Å²) < 4.78 is 0. The van der Waals surface area contributed by atoms with Gasteiger partial charge in [-0.3, -0.25) is 0 Å². The third kappa shape index (κ3) is 8.54. The summed E-state index contributed by atoms with van der Waals surface area (Å²) >= 11 is 0. The van der Waals surface area contributed by atoms with Crippen molar-refractivity contribution in [3.05, 3.63) is 374 Å². The Kier molecular flexibility index (Phi) is 13.2. The molecule has 0 aliphatic heterocycles. The lowest BCUT2D eigenvalue weighted by atomic mass is 9.39. The maximum atomic E-state index is 2.73. The molecule has 0 saturated carbocycles. The molecular weight excluding hydrogens is 1300 g/mol. The predicted molar refractivity (Wildman–Crippen MR) is 464 cm³/mol. The van der Waals surface area contributed by atoms with Crippen molar-refractivity contribution < 1.29 is 0 Å². The molecule has 2 aliphatic rings. The van der Waals surface area contributed by atoms with Gasteiger partial charge in [0.25, 0.3) is 0 Å². The molecule has 2 nitrogen and oxygen atoms in total. The molecule has 2 aliphatic carbocycles. The first-order chi connectivity index (χ1) is 52.8. The van der Waals surface area contributed by atoms with E-state index in [0.29, 0.717) is 0 Å². The molecule has 0 aromatic heterocycles. The number of hydrogen-bond donors (Lipinski definition) is 0. The van der Waals surface area contributed by atoms with E-state index >= 15 is 0 Å². The zero-order valence-electron chi connectivity index (χ0n) is 61.4. The highest BCUT2D eigenvalue weighted by Crippen LogP contribution is 2.77. The molecule has 20 aromatic carbocycles. The van der Waals surface area contributed by atoms with Gasteiger partial charge in [-0.2, -0.15) is 0 Å². The first-order valence-corrected chi connectivity index (χ1v) is 38.3. The molecule has 0 spiro atoms. The fraction of sp³-hybridized carbons (Fsp3) is 0.0943. The van der Waals surface area contributed by atoms with Crippen LogP contribution in [0.2, 0.25) is 0 Å². The normalized spacial score (nSPS) is 15.6. The molecule has 20 aromatic rings. The van der Waals surface area contributed by atoms with Crippen LogP contribution >= 0.6 is 0 Å². The van der Waals surface area contributed by atoms with Crippen LogP contribution in [0.5, 0.6) is 0 Å². The summed E-state index contributed by atoms with van der Waals surface area (Å²) in [5, 5.41) is 29.5. The first-order valence-electron chi connectivity index (χ1n) is 38.3. The molecular formula is C106H76N2. The maximum Gasteiger partial charge on any atom is 0.0543 e. The van der Waals surface area contributed by atoms with Crippen molar-refractivity contribution in [3.8, 4) is 22.3 Å². The molecule has 0 radical (unpaired) electrons. The Morgan fingerprint density at radius 1 is 0.176 bits per heavy atom. The van der Waals surface area contributed by atoms with Gasteiger partial charge in [0.15, 0.2) is 0 Å². The van der Waals surface area contributed by atoms with Crippen LogP contribution in [-0.4, -0.2) is 0 Å². The summed E-state index contributed by atoms with van der Waals surface area (Å²) in [6, 6.07) is 136. The Hall–Kier alpha value is -12.9. The van der Waals surface area contributed by atoms with E-state index in [-0.39, 0.29) is 0 Å². The van der Waals surface area contributed by atoms with Gasteiger partial charge in [0.1, 0.15) is 0 Å². The summed E-state index contributed by atoms with van der Waals surface area (Å²) in [5.74, 6) is 0. The maximum absolute atomic E-state index is 2.73. The van der Waals surface area contributed by atoms with E-state index in [1.807, 2.05) is 0 Å². The van der Waals surface area contributed by atoms with Crippen LogP contribution in [0, 0.1) is 10.8 Å². The molecule has 510 valence electrons. The third-order valence-electron chi connectivity index (χ3n) is 25.3. The van der Waals surface area contributed by atoms with Crippen molar-refractivity contribution >= 4 is 163 Å². The highest BCUT2D eigenvalue weighted by Gasteiger charge is 2.71. The molecule has 0 saturated heterocycles. The van der Waals surface area contributed by atoms with E-state index in [1.165, 1.54) is 174 Å². The standard InChI is InChI=1S/C106H76N2/c1-103(2,3)105(93-57-47-69-27-11-17-33-87(69)99(93)101-91-37-21-19-35-89(91)97(63-95(101)105)107(75-49-53-83-71(59-75)43-39-65-23-7-13-29-79(65)83)76-50-54-84-72(60-76)44-40-66-24-8-14-30-80(66)84)106(104(4,5)6)94-58-48-70-28-12-18-34-88(70)100(94)102-92-38-22-20-36-90(92)98(64-96(102)106)108(77-51-55-85-73(61-77)45-41-67-25-9-15-31-81(67)85)78-52-56-86-74(62-78)46-42-68-26-10-16-32-82(68)86/h7-64H,1-6H3. The smallest absolute Gasteiger partial charge is 0.0543 e. The molecule has 0 N–H and O–H groups in total. The average Bonchev–Trinajstić information content (AvgIpc) is 1.46. The lowest BCUT2D eigenvalue weighted by Gasteiger charge is -2.62. The van der Waals surface area contributed by atoms with Crippen molar-refractivity contribution in [2.45, 2.75) is 52.4 Å². The summed E-state index contributed by atoms with van der Waals surface area (Å²) in [7, 11) is 0. The Balaban J connectivity index is 0.903. The van der Waals surface area contributed by atoms with Gasteiger partial charge in [-0.1, -0.05) is 333 Å². The van der Waals surface area contributed by atoms with Crippen LogP contribution < -0.4 is 9.80 Å². The number of benzene rings is 20. The number of rotatable bonds is 7. The summed E-state index contributed by atoms with van der Waals surface area (Å²) in [4.78, 5) is 5.24. The van der Waals surface area contributed by atoms with Crippen molar-refractivity contribution in [2.24, 2.45) is 10.8 Å². The third-order valence-corrected chi connectivity index (χ3v) is 25.3. The van der Waals surface area contributed by atoms with Crippen molar-refractivity contribution in [1.82, 2.24) is 0 Å². The molecule has 2 unspecified atom stereocenters.